The topological polar surface area (TPSA) is 60.8 Å². The second kappa shape index (κ2) is 4.10. The van der Waals surface area contributed by atoms with Crippen molar-refractivity contribution in [2.45, 2.75) is 25.7 Å². The van der Waals surface area contributed by atoms with Gasteiger partial charge in [-0.3, -0.25) is 4.79 Å². The summed E-state index contributed by atoms with van der Waals surface area (Å²) in [6.45, 7) is 2.95. The highest BCUT2D eigenvalue weighted by atomic mass is 16.4. The van der Waals surface area contributed by atoms with Crippen molar-refractivity contribution in [3.63, 3.8) is 0 Å². The molecule has 0 bridgehead atoms. The van der Waals surface area contributed by atoms with Crippen LogP contribution in [-0.4, -0.2) is 47.3 Å². The Morgan fingerprint density at radius 1 is 1.47 bits per heavy atom. The zero-order valence-corrected chi connectivity index (χ0v) is 8.98. The number of aliphatic hydroxyl groups is 1. The van der Waals surface area contributed by atoms with Crippen LogP contribution >= 0.6 is 0 Å². The van der Waals surface area contributed by atoms with Crippen LogP contribution in [0, 0.1) is 11.3 Å². The molecule has 15 heavy (non-hydrogen) atoms. The van der Waals surface area contributed by atoms with Gasteiger partial charge in [0.1, 0.15) is 0 Å². The number of carboxylic acids is 1. The van der Waals surface area contributed by atoms with E-state index in [2.05, 4.69) is 4.90 Å². The molecule has 1 saturated carbocycles. The molecule has 0 aromatic rings. The van der Waals surface area contributed by atoms with Gasteiger partial charge in [0.2, 0.25) is 0 Å². The van der Waals surface area contributed by atoms with Crippen molar-refractivity contribution in [1.82, 2.24) is 4.90 Å². The van der Waals surface area contributed by atoms with Crippen LogP contribution in [0.25, 0.3) is 0 Å². The lowest BCUT2D eigenvalue weighted by Crippen LogP contribution is -2.28. The molecule has 4 heteroatoms. The molecule has 1 heterocycles. The molecular formula is C11H19NO3. The van der Waals surface area contributed by atoms with Crippen LogP contribution in [0.4, 0.5) is 0 Å². The van der Waals surface area contributed by atoms with E-state index >= 15 is 0 Å². The highest BCUT2D eigenvalue weighted by Gasteiger charge is 2.45. The van der Waals surface area contributed by atoms with Crippen LogP contribution in [0.15, 0.2) is 0 Å². The van der Waals surface area contributed by atoms with Gasteiger partial charge in [-0.2, -0.15) is 0 Å². The highest BCUT2D eigenvalue weighted by Crippen LogP contribution is 2.47. The maximum Gasteiger partial charge on any atom is 0.306 e. The van der Waals surface area contributed by atoms with Gasteiger partial charge < -0.3 is 15.1 Å². The number of rotatable bonds is 3. The predicted octanol–water partition coefficient (Wildman–Crippen LogP) is 0.556. The van der Waals surface area contributed by atoms with Crippen LogP contribution in [0.3, 0.4) is 0 Å². The molecule has 2 rings (SSSR count). The molecule has 0 aromatic heterocycles. The number of hydrogen-bond acceptors (Lipinski definition) is 3. The van der Waals surface area contributed by atoms with Gasteiger partial charge in [0.15, 0.2) is 0 Å². The van der Waals surface area contributed by atoms with Gasteiger partial charge in [-0.1, -0.05) is 0 Å². The summed E-state index contributed by atoms with van der Waals surface area (Å²) in [6.07, 6.45) is 3.83. The number of β-amino-alcohol motifs (C(OH)–C–C–N with tert-alkyl or cyclic N) is 1. The number of hydrogen-bond donors (Lipinski definition) is 2. The summed E-state index contributed by atoms with van der Waals surface area (Å²) in [7, 11) is 0. The van der Waals surface area contributed by atoms with Crippen LogP contribution in [0.2, 0.25) is 0 Å². The predicted molar refractivity (Wildman–Crippen MR) is 55.6 cm³/mol. The molecule has 1 saturated heterocycles. The number of carbonyl (C=O) groups is 1. The van der Waals surface area contributed by atoms with Crippen LogP contribution in [0.1, 0.15) is 25.7 Å². The zero-order chi connectivity index (χ0) is 10.9. The van der Waals surface area contributed by atoms with Gasteiger partial charge in [0.25, 0.3) is 0 Å². The number of carboxylic acid groups (broad SMARTS) is 1. The van der Waals surface area contributed by atoms with Crippen LogP contribution in [0.5, 0.6) is 0 Å². The minimum Gasteiger partial charge on any atom is -0.481 e. The first-order chi connectivity index (χ1) is 7.15. The average molecular weight is 213 g/mol. The van der Waals surface area contributed by atoms with E-state index in [4.69, 9.17) is 10.2 Å². The van der Waals surface area contributed by atoms with E-state index < -0.39 is 5.97 Å². The van der Waals surface area contributed by atoms with Gasteiger partial charge in [0, 0.05) is 13.1 Å². The molecule has 0 radical (unpaired) electrons. The zero-order valence-electron chi connectivity index (χ0n) is 8.98. The fourth-order valence-corrected chi connectivity index (χ4v) is 3.15. The highest BCUT2D eigenvalue weighted by molar-refractivity contribution is 5.70. The van der Waals surface area contributed by atoms with Crippen molar-refractivity contribution in [2.24, 2.45) is 11.3 Å². The van der Waals surface area contributed by atoms with E-state index in [1.165, 1.54) is 0 Å². The largest absolute Gasteiger partial charge is 0.481 e. The average Bonchev–Trinajstić information content (AvgIpc) is 2.76. The van der Waals surface area contributed by atoms with Gasteiger partial charge in [0.05, 0.1) is 12.5 Å². The van der Waals surface area contributed by atoms with Crippen molar-refractivity contribution in [3.8, 4) is 0 Å². The molecule has 2 atom stereocenters. The number of likely N-dealkylation sites (tertiary alicyclic amines) is 1. The molecule has 0 unspecified atom stereocenters. The number of aliphatic hydroxyl groups excluding tert-OH is 1. The Morgan fingerprint density at radius 3 is 2.87 bits per heavy atom. The molecule has 1 aliphatic carbocycles. The first-order valence-corrected chi connectivity index (χ1v) is 5.71. The molecule has 2 N–H and O–H groups in total. The quantitative estimate of drug-likeness (QED) is 0.719. The number of nitrogens with zero attached hydrogens (tertiary/aromatic N) is 1. The Hall–Kier alpha value is -0.610. The third-order valence-corrected chi connectivity index (χ3v) is 3.99. The smallest absolute Gasteiger partial charge is 0.306 e. The van der Waals surface area contributed by atoms with Crippen molar-refractivity contribution < 1.29 is 15.0 Å². The van der Waals surface area contributed by atoms with Crippen LogP contribution < -0.4 is 0 Å². The van der Waals surface area contributed by atoms with E-state index in [1.807, 2.05) is 0 Å². The van der Waals surface area contributed by atoms with E-state index in [9.17, 15) is 4.79 Å². The Labute approximate surface area is 89.9 Å². The normalized spacial score (nSPS) is 36.5. The van der Waals surface area contributed by atoms with E-state index in [0.717, 1.165) is 45.3 Å². The standard InChI is InChI=1S/C11H19NO3/c13-6-5-12-4-3-11(8-12)2-1-9(7-11)10(14)15/h9,13H,1-8H2,(H,14,15)/t9-,11-/m0/s1. The summed E-state index contributed by atoms with van der Waals surface area (Å²) >= 11 is 0. The summed E-state index contributed by atoms with van der Waals surface area (Å²) in [6, 6.07) is 0. The lowest BCUT2D eigenvalue weighted by Gasteiger charge is -2.23. The Morgan fingerprint density at radius 2 is 2.27 bits per heavy atom. The minimum absolute atomic E-state index is 0.126. The minimum atomic E-state index is -0.632. The van der Waals surface area contributed by atoms with E-state index in [-0.39, 0.29) is 17.9 Å². The van der Waals surface area contributed by atoms with Crippen molar-refractivity contribution in [2.75, 3.05) is 26.2 Å². The number of aliphatic carboxylic acids is 1. The first-order valence-electron chi connectivity index (χ1n) is 5.71. The third kappa shape index (κ3) is 2.16. The second-order valence-electron chi connectivity index (χ2n) is 5.03. The van der Waals surface area contributed by atoms with E-state index in [1.54, 1.807) is 0 Å². The summed E-state index contributed by atoms with van der Waals surface area (Å²) in [4.78, 5) is 13.1. The van der Waals surface area contributed by atoms with E-state index in [0.29, 0.717) is 0 Å². The van der Waals surface area contributed by atoms with Gasteiger partial charge in [-0.15, -0.1) is 0 Å². The molecule has 2 fully saturated rings. The lowest BCUT2D eigenvalue weighted by atomic mass is 9.84. The molecule has 4 nitrogen and oxygen atoms in total. The van der Waals surface area contributed by atoms with Gasteiger partial charge in [-0.05, 0) is 37.6 Å². The fraction of sp³-hybridized carbons (Fsp3) is 0.909. The summed E-state index contributed by atoms with van der Waals surface area (Å²) in [5.74, 6) is -0.758. The first kappa shape index (κ1) is 10.9. The van der Waals surface area contributed by atoms with Crippen molar-refractivity contribution in [3.05, 3.63) is 0 Å². The molecule has 0 amide bonds. The molecular weight excluding hydrogens is 194 g/mol. The Balaban J connectivity index is 1.92. The van der Waals surface area contributed by atoms with Gasteiger partial charge >= 0.3 is 5.97 Å². The maximum absolute atomic E-state index is 10.9. The molecule has 1 spiro atoms. The van der Waals surface area contributed by atoms with Crippen molar-refractivity contribution >= 4 is 5.97 Å². The molecule has 1 aliphatic heterocycles. The summed E-state index contributed by atoms with van der Waals surface area (Å²) in [5, 5.41) is 17.8. The van der Waals surface area contributed by atoms with Crippen LogP contribution in [-0.2, 0) is 4.79 Å². The molecule has 0 aromatic carbocycles. The maximum atomic E-state index is 10.9. The lowest BCUT2D eigenvalue weighted by molar-refractivity contribution is -0.141. The second-order valence-corrected chi connectivity index (χ2v) is 5.03. The SMILES string of the molecule is O=C(O)[C@H]1CC[C@]2(CCN(CCO)C2)C1. The molecule has 2 aliphatic rings. The summed E-state index contributed by atoms with van der Waals surface area (Å²) < 4.78 is 0. The fourth-order valence-electron chi connectivity index (χ4n) is 3.15. The third-order valence-electron chi connectivity index (χ3n) is 3.99. The summed E-state index contributed by atoms with van der Waals surface area (Å²) in [5.41, 5.74) is 0.248. The Kier molecular flexibility index (Phi) is 2.98. The monoisotopic (exact) mass is 213 g/mol. The molecule has 86 valence electrons. The van der Waals surface area contributed by atoms with Gasteiger partial charge in [-0.25, -0.2) is 0 Å². The Bertz CT molecular complexity index is 256. The van der Waals surface area contributed by atoms with Crippen molar-refractivity contribution in [1.29, 1.82) is 0 Å².